The number of hydrogen-bond acceptors (Lipinski definition) is 5. The second-order valence-corrected chi connectivity index (χ2v) is 9.79. The van der Waals surface area contributed by atoms with E-state index in [1.807, 2.05) is 60.7 Å². The van der Waals surface area contributed by atoms with E-state index in [1.165, 1.54) is 12.5 Å². The number of nitrogens with one attached hydrogen (secondary N) is 2. The van der Waals surface area contributed by atoms with Gasteiger partial charge in [-0.05, 0) is 30.9 Å². The highest BCUT2D eigenvalue weighted by Crippen LogP contribution is 2.39. The van der Waals surface area contributed by atoms with Crippen LogP contribution in [0.15, 0.2) is 73.2 Å². The van der Waals surface area contributed by atoms with Gasteiger partial charge in [0, 0.05) is 33.2 Å². The predicted octanol–water partition coefficient (Wildman–Crippen LogP) is 2.43. The van der Waals surface area contributed by atoms with E-state index in [-0.39, 0.29) is 23.9 Å². The van der Waals surface area contributed by atoms with Gasteiger partial charge in [-0.25, -0.2) is 4.98 Å². The number of likely N-dealkylation sites (tertiary alicyclic amines) is 1. The van der Waals surface area contributed by atoms with E-state index in [0.717, 1.165) is 11.1 Å². The molecule has 1 aromatic heterocycles. The molecule has 1 saturated heterocycles. The zero-order valence-electron chi connectivity index (χ0n) is 21.1. The molecule has 0 radical (unpaired) electrons. The first-order valence-electron chi connectivity index (χ1n) is 12.4. The molecule has 190 valence electrons. The lowest BCUT2D eigenvalue weighted by Gasteiger charge is -2.44. The fraction of sp³-hybridized carbons (Fsp3) is 0.393. The molecule has 8 nitrogen and oxygen atoms in total. The minimum absolute atomic E-state index is 0.00628. The SMILES string of the molecule is CC(CC(C(=O)N(C)C)(c1ccccc1)c1ccccc1)N1CC[C@H](NC(=O)c2cnc[nH]2)[C@@H](O)C1. The number of imidazole rings is 1. The van der Waals surface area contributed by atoms with Gasteiger partial charge in [-0.3, -0.25) is 14.5 Å². The van der Waals surface area contributed by atoms with Crippen molar-refractivity contribution in [2.75, 3.05) is 27.2 Å². The highest BCUT2D eigenvalue weighted by molar-refractivity contribution is 5.92. The van der Waals surface area contributed by atoms with Gasteiger partial charge in [-0.15, -0.1) is 0 Å². The van der Waals surface area contributed by atoms with Crippen molar-refractivity contribution in [3.05, 3.63) is 90.0 Å². The van der Waals surface area contributed by atoms with Gasteiger partial charge in [0.2, 0.25) is 5.91 Å². The van der Waals surface area contributed by atoms with Crippen LogP contribution in [0.2, 0.25) is 0 Å². The van der Waals surface area contributed by atoms with Crippen LogP contribution in [0.5, 0.6) is 0 Å². The average Bonchev–Trinajstić information content (AvgIpc) is 3.44. The lowest BCUT2D eigenvalue weighted by molar-refractivity contribution is -0.134. The molecule has 0 bridgehead atoms. The number of carbonyl (C=O) groups is 2. The van der Waals surface area contributed by atoms with Crippen molar-refractivity contribution in [3.8, 4) is 0 Å². The van der Waals surface area contributed by atoms with Gasteiger partial charge < -0.3 is 20.3 Å². The van der Waals surface area contributed by atoms with Crippen molar-refractivity contribution in [1.29, 1.82) is 0 Å². The number of benzene rings is 2. The number of likely N-dealkylation sites (N-methyl/N-ethyl adjacent to an activating group) is 1. The highest BCUT2D eigenvalue weighted by atomic mass is 16.3. The number of aliphatic hydroxyl groups is 1. The zero-order valence-corrected chi connectivity index (χ0v) is 21.1. The molecule has 36 heavy (non-hydrogen) atoms. The maximum absolute atomic E-state index is 13.9. The number of carbonyl (C=O) groups excluding carboxylic acids is 2. The molecule has 0 aliphatic carbocycles. The molecule has 1 unspecified atom stereocenters. The van der Waals surface area contributed by atoms with Crippen molar-refractivity contribution in [2.45, 2.75) is 43.4 Å². The number of hydrogen-bond donors (Lipinski definition) is 3. The summed E-state index contributed by atoms with van der Waals surface area (Å²) in [6.07, 6.45) is 3.36. The fourth-order valence-corrected chi connectivity index (χ4v) is 5.29. The molecule has 1 fully saturated rings. The Balaban J connectivity index is 1.57. The number of aliphatic hydroxyl groups excluding tert-OH is 1. The molecule has 1 aliphatic heterocycles. The number of rotatable bonds is 8. The maximum atomic E-state index is 13.9. The summed E-state index contributed by atoms with van der Waals surface area (Å²) in [6.45, 7) is 3.21. The van der Waals surface area contributed by atoms with E-state index in [2.05, 4.69) is 27.1 Å². The van der Waals surface area contributed by atoms with E-state index in [9.17, 15) is 14.7 Å². The van der Waals surface area contributed by atoms with Gasteiger partial charge >= 0.3 is 0 Å². The van der Waals surface area contributed by atoms with Crippen molar-refractivity contribution >= 4 is 11.8 Å². The molecule has 4 rings (SSSR count). The van der Waals surface area contributed by atoms with Crippen molar-refractivity contribution in [1.82, 2.24) is 25.1 Å². The summed E-state index contributed by atoms with van der Waals surface area (Å²) in [5.74, 6) is -0.254. The monoisotopic (exact) mass is 489 g/mol. The number of amides is 2. The van der Waals surface area contributed by atoms with Gasteiger partial charge in [0.15, 0.2) is 0 Å². The van der Waals surface area contributed by atoms with Crippen LogP contribution in [0.4, 0.5) is 0 Å². The maximum Gasteiger partial charge on any atom is 0.269 e. The number of nitrogens with zero attached hydrogens (tertiary/aromatic N) is 3. The molecule has 0 saturated carbocycles. The first kappa shape index (κ1) is 25.6. The third-order valence-electron chi connectivity index (χ3n) is 7.20. The highest BCUT2D eigenvalue weighted by Gasteiger charge is 2.45. The minimum atomic E-state index is -0.873. The molecule has 3 N–H and O–H groups in total. The second-order valence-electron chi connectivity index (χ2n) is 9.79. The van der Waals surface area contributed by atoms with Crippen LogP contribution in [0.3, 0.4) is 0 Å². The van der Waals surface area contributed by atoms with E-state index < -0.39 is 11.5 Å². The predicted molar refractivity (Wildman–Crippen MR) is 138 cm³/mol. The summed E-state index contributed by atoms with van der Waals surface area (Å²) >= 11 is 0. The van der Waals surface area contributed by atoms with E-state index in [1.54, 1.807) is 19.0 Å². The molecule has 3 atom stereocenters. The smallest absolute Gasteiger partial charge is 0.269 e. The summed E-state index contributed by atoms with van der Waals surface area (Å²) in [6, 6.07) is 19.5. The van der Waals surface area contributed by atoms with Gasteiger partial charge in [0.25, 0.3) is 5.91 Å². The standard InChI is InChI=1S/C28H35N5O3/c1-20(33-15-14-23(25(34)18-33)31-26(35)24-17-29-19-30-24)16-28(27(36)32(2)3,21-10-6-4-7-11-21)22-12-8-5-9-13-22/h4-13,17,19-20,23,25,34H,14-16,18H2,1-3H3,(H,29,30)(H,31,35)/t20?,23-,25-/m0/s1. The lowest BCUT2D eigenvalue weighted by Crippen LogP contribution is -2.57. The molecule has 2 aromatic carbocycles. The van der Waals surface area contributed by atoms with Crippen LogP contribution >= 0.6 is 0 Å². The number of aromatic nitrogens is 2. The summed E-state index contributed by atoms with van der Waals surface area (Å²) in [4.78, 5) is 36.9. The van der Waals surface area contributed by atoms with Crippen molar-refractivity contribution < 1.29 is 14.7 Å². The molecular weight excluding hydrogens is 454 g/mol. The molecule has 0 spiro atoms. The Bertz CT molecular complexity index is 1100. The Morgan fingerprint density at radius 2 is 1.75 bits per heavy atom. The van der Waals surface area contributed by atoms with Crippen LogP contribution < -0.4 is 5.32 Å². The minimum Gasteiger partial charge on any atom is -0.390 e. The lowest BCUT2D eigenvalue weighted by atomic mass is 9.69. The van der Waals surface area contributed by atoms with Gasteiger partial charge in [0.05, 0.1) is 24.7 Å². The molecule has 2 heterocycles. The summed E-state index contributed by atoms with van der Waals surface area (Å²) in [5, 5.41) is 13.8. The Morgan fingerprint density at radius 3 is 2.25 bits per heavy atom. The average molecular weight is 490 g/mol. The normalized spacial score (nSPS) is 19.4. The quantitative estimate of drug-likeness (QED) is 0.451. The first-order chi connectivity index (χ1) is 17.3. The van der Waals surface area contributed by atoms with Crippen LogP contribution in [-0.4, -0.2) is 82.1 Å². The summed E-state index contributed by atoms with van der Waals surface area (Å²) < 4.78 is 0. The number of piperidine rings is 1. The molecule has 1 aliphatic rings. The fourth-order valence-electron chi connectivity index (χ4n) is 5.29. The van der Waals surface area contributed by atoms with E-state index in [4.69, 9.17) is 0 Å². The van der Waals surface area contributed by atoms with Crippen LogP contribution in [0.1, 0.15) is 41.4 Å². The molecule has 8 heteroatoms. The number of aromatic amines is 1. The van der Waals surface area contributed by atoms with Crippen molar-refractivity contribution in [2.24, 2.45) is 0 Å². The third kappa shape index (κ3) is 5.20. The Morgan fingerprint density at radius 1 is 1.14 bits per heavy atom. The van der Waals surface area contributed by atoms with Crippen LogP contribution in [-0.2, 0) is 10.2 Å². The van der Waals surface area contributed by atoms with Gasteiger partial charge in [-0.2, -0.15) is 0 Å². The third-order valence-corrected chi connectivity index (χ3v) is 7.20. The topological polar surface area (TPSA) is 102 Å². The summed E-state index contributed by atoms with van der Waals surface area (Å²) in [5.41, 5.74) is 1.39. The Hall–Kier alpha value is -3.49. The van der Waals surface area contributed by atoms with Gasteiger partial charge in [0.1, 0.15) is 11.1 Å². The number of β-amino-alcohol motifs (C(OH)–C–C–N with tert-alkyl or cyclic N) is 1. The van der Waals surface area contributed by atoms with Crippen LogP contribution in [0.25, 0.3) is 0 Å². The number of H-pyrrole nitrogens is 1. The second kappa shape index (κ2) is 11.1. The first-order valence-corrected chi connectivity index (χ1v) is 12.4. The zero-order chi connectivity index (χ0) is 25.7. The summed E-state index contributed by atoms with van der Waals surface area (Å²) in [7, 11) is 3.59. The molecular formula is C28H35N5O3. The van der Waals surface area contributed by atoms with E-state index in [0.29, 0.717) is 31.6 Å². The van der Waals surface area contributed by atoms with Gasteiger partial charge in [-0.1, -0.05) is 60.7 Å². The molecule has 2 amide bonds. The molecule has 3 aromatic rings. The van der Waals surface area contributed by atoms with Crippen LogP contribution in [0, 0.1) is 0 Å². The largest absolute Gasteiger partial charge is 0.390 e. The Kier molecular flexibility index (Phi) is 7.86. The van der Waals surface area contributed by atoms with E-state index >= 15 is 0 Å². The Labute approximate surface area is 212 Å². The van der Waals surface area contributed by atoms with Crippen molar-refractivity contribution in [3.63, 3.8) is 0 Å².